The predicted molar refractivity (Wildman–Crippen MR) is 104 cm³/mol. The molecule has 1 aromatic heterocycles. The average Bonchev–Trinajstić information content (AvgIpc) is 3.04. The van der Waals surface area contributed by atoms with Crippen molar-refractivity contribution >= 4 is 11.9 Å². The van der Waals surface area contributed by atoms with Gasteiger partial charge in [0.2, 0.25) is 0 Å². The van der Waals surface area contributed by atoms with Crippen LogP contribution in [0.25, 0.3) is 5.69 Å². The van der Waals surface area contributed by atoms with Crippen LogP contribution >= 0.6 is 0 Å². The maximum atomic E-state index is 13.5. The fourth-order valence-electron chi connectivity index (χ4n) is 3.05. The van der Waals surface area contributed by atoms with Crippen LogP contribution in [0.15, 0.2) is 35.4 Å². The normalized spacial score (nSPS) is 13.2. The number of aromatic nitrogens is 2. The number of carbonyl (C=O) groups excluding carboxylic acids is 2. The van der Waals surface area contributed by atoms with Gasteiger partial charge in [0.25, 0.3) is 0 Å². The number of rotatable bonds is 9. The average molecular weight is 425 g/mol. The standard InChI is InChI=1S/C20H25F2N3O5/c1-12(2)7-16(18(26)29-3)23-17(19(27)30-4)11-24-5-6-25(20(24)28)15-9-13(21)8-14(22)10-15/h5-6,8-10,12,16-17,23H,7,11H2,1-4H3. The number of nitrogens with zero attached hydrogens (tertiary/aromatic N) is 2. The topological polar surface area (TPSA) is 91.6 Å². The van der Waals surface area contributed by atoms with Crippen LogP contribution in [0, 0.1) is 17.6 Å². The van der Waals surface area contributed by atoms with E-state index in [1.165, 1.54) is 31.2 Å². The molecule has 2 unspecified atom stereocenters. The van der Waals surface area contributed by atoms with Gasteiger partial charge in [-0.25, -0.2) is 13.6 Å². The maximum absolute atomic E-state index is 13.5. The molecule has 0 aliphatic rings. The van der Waals surface area contributed by atoms with Crippen molar-refractivity contribution in [3.63, 3.8) is 0 Å². The second-order valence-corrected chi connectivity index (χ2v) is 7.18. The first-order valence-electron chi connectivity index (χ1n) is 9.32. The first-order valence-corrected chi connectivity index (χ1v) is 9.32. The van der Waals surface area contributed by atoms with Crippen molar-refractivity contribution in [3.05, 3.63) is 52.7 Å². The zero-order valence-corrected chi connectivity index (χ0v) is 17.2. The molecule has 164 valence electrons. The summed E-state index contributed by atoms with van der Waals surface area (Å²) in [5.74, 6) is -2.74. The summed E-state index contributed by atoms with van der Waals surface area (Å²) in [6.45, 7) is 3.66. The highest BCUT2D eigenvalue weighted by atomic mass is 19.1. The Hall–Kier alpha value is -3.01. The number of benzene rings is 1. The van der Waals surface area contributed by atoms with Crippen LogP contribution in [0.5, 0.6) is 0 Å². The molecular weight excluding hydrogens is 400 g/mol. The zero-order valence-electron chi connectivity index (χ0n) is 17.2. The van der Waals surface area contributed by atoms with E-state index in [-0.39, 0.29) is 18.2 Å². The largest absolute Gasteiger partial charge is 0.468 e. The Morgan fingerprint density at radius 1 is 1.00 bits per heavy atom. The Morgan fingerprint density at radius 2 is 1.57 bits per heavy atom. The molecular formula is C20H25F2N3O5. The van der Waals surface area contributed by atoms with E-state index in [4.69, 9.17) is 9.47 Å². The summed E-state index contributed by atoms with van der Waals surface area (Å²) in [5, 5.41) is 2.89. The van der Waals surface area contributed by atoms with Gasteiger partial charge in [-0.15, -0.1) is 0 Å². The van der Waals surface area contributed by atoms with Gasteiger partial charge in [0.15, 0.2) is 0 Å². The van der Waals surface area contributed by atoms with Gasteiger partial charge in [0.05, 0.1) is 26.5 Å². The number of esters is 2. The SMILES string of the molecule is COC(=O)C(CC(C)C)NC(Cn1ccn(-c2cc(F)cc(F)c2)c1=O)C(=O)OC. The molecule has 1 heterocycles. The monoisotopic (exact) mass is 425 g/mol. The highest BCUT2D eigenvalue weighted by Crippen LogP contribution is 2.12. The first kappa shape index (κ1) is 23.3. The van der Waals surface area contributed by atoms with E-state index in [2.05, 4.69) is 5.32 Å². The van der Waals surface area contributed by atoms with Crippen LogP contribution < -0.4 is 11.0 Å². The number of carbonyl (C=O) groups is 2. The van der Waals surface area contributed by atoms with Crippen molar-refractivity contribution in [2.24, 2.45) is 5.92 Å². The number of hydrogen-bond donors (Lipinski definition) is 1. The molecule has 2 aromatic rings. The second kappa shape index (κ2) is 10.1. The van der Waals surface area contributed by atoms with E-state index in [9.17, 15) is 23.2 Å². The van der Waals surface area contributed by atoms with Crippen molar-refractivity contribution in [1.82, 2.24) is 14.5 Å². The van der Waals surface area contributed by atoms with Gasteiger partial charge in [-0.2, -0.15) is 0 Å². The summed E-state index contributed by atoms with van der Waals surface area (Å²) in [5.41, 5.74) is -0.611. The summed E-state index contributed by atoms with van der Waals surface area (Å²) >= 11 is 0. The van der Waals surface area contributed by atoms with Gasteiger partial charge in [0, 0.05) is 18.5 Å². The van der Waals surface area contributed by atoms with E-state index in [1.807, 2.05) is 13.8 Å². The first-order chi connectivity index (χ1) is 14.2. The Labute approximate surface area is 172 Å². The maximum Gasteiger partial charge on any atom is 0.332 e. The minimum atomic E-state index is -1.03. The second-order valence-electron chi connectivity index (χ2n) is 7.18. The summed E-state index contributed by atoms with van der Waals surface area (Å²) in [7, 11) is 2.43. The highest BCUT2D eigenvalue weighted by molar-refractivity contribution is 5.79. The van der Waals surface area contributed by atoms with Crippen molar-refractivity contribution in [3.8, 4) is 5.69 Å². The van der Waals surface area contributed by atoms with Gasteiger partial charge in [0.1, 0.15) is 23.7 Å². The molecule has 0 fully saturated rings. The van der Waals surface area contributed by atoms with E-state index >= 15 is 0 Å². The molecule has 8 nitrogen and oxygen atoms in total. The summed E-state index contributed by atoms with van der Waals surface area (Å²) < 4.78 is 38.8. The Kier molecular flexibility index (Phi) is 7.87. The van der Waals surface area contributed by atoms with Gasteiger partial charge >= 0.3 is 17.6 Å². The van der Waals surface area contributed by atoms with Crippen LogP contribution in [-0.2, 0) is 25.6 Å². The number of nitrogens with one attached hydrogen (secondary N) is 1. The molecule has 2 rings (SSSR count). The van der Waals surface area contributed by atoms with Crippen LogP contribution in [-0.4, -0.2) is 47.4 Å². The molecule has 0 spiro atoms. The van der Waals surface area contributed by atoms with E-state index in [0.717, 1.165) is 16.7 Å². The third kappa shape index (κ3) is 5.76. The van der Waals surface area contributed by atoms with Gasteiger partial charge in [-0.1, -0.05) is 13.8 Å². The summed E-state index contributed by atoms with van der Waals surface area (Å²) in [6, 6.07) is 0.913. The quantitative estimate of drug-likeness (QED) is 0.614. The summed E-state index contributed by atoms with van der Waals surface area (Å²) in [4.78, 5) is 37.1. The summed E-state index contributed by atoms with van der Waals surface area (Å²) in [6.07, 6.45) is 3.10. The predicted octanol–water partition coefficient (Wildman–Crippen LogP) is 1.64. The molecule has 0 amide bonds. The van der Waals surface area contributed by atoms with Crippen molar-refractivity contribution in [2.45, 2.75) is 38.9 Å². The number of hydrogen-bond acceptors (Lipinski definition) is 6. The molecule has 0 aliphatic heterocycles. The van der Waals surface area contributed by atoms with Crippen molar-refractivity contribution < 1.29 is 27.8 Å². The van der Waals surface area contributed by atoms with Crippen molar-refractivity contribution in [2.75, 3.05) is 14.2 Å². The Morgan fingerprint density at radius 3 is 2.10 bits per heavy atom. The lowest BCUT2D eigenvalue weighted by atomic mass is 10.0. The number of imidazole rings is 1. The lowest BCUT2D eigenvalue weighted by Crippen LogP contribution is -2.51. The van der Waals surface area contributed by atoms with E-state index < -0.39 is 41.3 Å². The minimum Gasteiger partial charge on any atom is -0.468 e. The molecule has 0 bridgehead atoms. The van der Waals surface area contributed by atoms with Crippen LogP contribution in [0.2, 0.25) is 0 Å². The van der Waals surface area contributed by atoms with E-state index in [1.54, 1.807) is 0 Å². The molecule has 0 radical (unpaired) electrons. The Balaban J connectivity index is 2.31. The highest BCUT2D eigenvalue weighted by Gasteiger charge is 2.29. The molecule has 10 heteroatoms. The van der Waals surface area contributed by atoms with Crippen LogP contribution in [0.1, 0.15) is 20.3 Å². The van der Waals surface area contributed by atoms with E-state index in [0.29, 0.717) is 12.5 Å². The smallest absolute Gasteiger partial charge is 0.332 e. The lowest BCUT2D eigenvalue weighted by molar-refractivity contribution is -0.147. The van der Waals surface area contributed by atoms with Crippen LogP contribution in [0.3, 0.4) is 0 Å². The molecule has 1 aromatic carbocycles. The zero-order chi connectivity index (χ0) is 22.4. The number of methoxy groups -OCH3 is 2. The molecule has 0 aliphatic carbocycles. The molecule has 0 saturated carbocycles. The van der Waals surface area contributed by atoms with Crippen LogP contribution in [0.4, 0.5) is 8.78 Å². The number of ether oxygens (including phenoxy) is 2. The molecule has 30 heavy (non-hydrogen) atoms. The van der Waals surface area contributed by atoms with Gasteiger partial charge in [-0.05, 0) is 24.5 Å². The fraction of sp³-hybridized carbons (Fsp3) is 0.450. The minimum absolute atomic E-state index is 0.00562. The lowest BCUT2D eigenvalue weighted by Gasteiger charge is -2.24. The molecule has 2 atom stereocenters. The molecule has 1 N–H and O–H groups in total. The molecule has 0 saturated heterocycles. The van der Waals surface area contributed by atoms with Gasteiger partial charge in [-0.3, -0.25) is 24.0 Å². The third-order valence-corrected chi connectivity index (χ3v) is 4.43. The third-order valence-electron chi connectivity index (χ3n) is 4.43. The fourth-order valence-corrected chi connectivity index (χ4v) is 3.05. The van der Waals surface area contributed by atoms with Crippen molar-refractivity contribution in [1.29, 1.82) is 0 Å². The van der Waals surface area contributed by atoms with Gasteiger partial charge < -0.3 is 9.47 Å². The Bertz CT molecular complexity index is 934. The number of halogens is 2.